The van der Waals surface area contributed by atoms with Crippen molar-refractivity contribution in [2.45, 2.75) is 70.2 Å². The fraction of sp³-hybridized carbons (Fsp3) is 0.654. The number of aliphatic carboxylic acids is 1. The van der Waals surface area contributed by atoms with Gasteiger partial charge in [0, 0.05) is 25.0 Å². The third-order valence-corrected chi connectivity index (χ3v) is 7.11. The van der Waals surface area contributed by atoms with Gasteiger partial charge < -0.3 is 24.8 Å². The molecule has 1 heterocycles. The fourth-order valence-corrected chi connectivity index (χ4v) is 5.19. The van der Waals surface area contributed by atoms with Crippen molar-refractivity contribution in [3.63, 3.8) is 0 Å². The van der Waals surface area contributed by atoms with E-state index in [0.29, 0.717) is 31.8 Å². The number of halogens is 2. The lowest BCUT2D eigenvalue weighted by Crippen LogP contribution is -2.22. The second-order valence-electron chi connectivity index (χ2n) is 9.60. The Morgan fingerprint density at radius 1 is 1.29 bits per heavy atom. The molecule has 0 spiro atoms. The van der Waals surface area contributed by atoms with Gasteiger partial charge in [-0.3, -0.25) is 4.79 Å². The van der Waals surface area contributed by atoms with Crippen LogP contribution in [-0.2, 0) is 9.53 Å². The lowest BCUT2D eigenvalue weighted by Gasteiger charge is -2.21. The summed E-state index contributed by atoms with van der Waals surface area (Å²) in [5, 5.41) is 30.2. The Balaban J connectivity index is 1.51. The van der Waals surface area contributed by atoms with Gasteiger partial charge in [0.25, 0.3) is 0 Å². The predicted octanol–water partition coefficient (Wildman–Crippen LogP) is 4.33. The number of hydrogen-bond donors (Lipinski definition) is 3. The van der Waals surface area contributed by atoms with Crippen LogP contribution in [0.25, 0.3) is 0 Å². The van der Waals surface area contributed by atoms with Crippen LogP contribution in [0.2, 0.25) is 0 Å². The van der Waals surface area contributed by atoms with Gasteiger partial charge in [0.1, 0.15) is 18.5 Å². The molecule has 8 heteroatoms. The van der Waals surface area contributed by atoms with E-state index in [1.54, 1.807) is 6.08 Å². The zero-order valence-corrected chi connectivity index (χ0v) is 19.6. The lowest BCUT2D eigenvalue weighted by molar-refractivity contribution is -0.142. The molecule has 1 aliphatic heterocycles. The molecule has 1 unspecified atom stereocenters. The van der Waals surface area contributed by atoms with E-state index < -0.39 is 29.8 Å². The quantitative estimate of drug-likeness (QED) is 0.406. The molecular weight excluding hydrogens is 446 g/mol. The highest BCUT2D eigenvalue weighted by Gasteiger charge is 2.43. The number of aliphatic hydroxyl groups is 2. The highest BCUT2D eigenvalue weighted by Crippen LogP contribution is 2.42. The van der Waals surface area contributed by atoms with Crippen LogP contribution in [0, 0.1) is 35.3 Å². The summed E-state index contributed by atoms with van der Waals surface area (Å²) >= 11 is 0. The summed E-state index contributed by atoms with van der Waals surface area (Å²) in [6, 6.07) is 2.88. The normalized spacial score (nSPS) is 28.9. The maximum absolute atomic E-state index is 13.7. The molecule has 1 saturated heterocycles. The Bertz CT molecular complexity index is 832. The van der Waals surface area contributed by atoms with Gasteiger partial charge in [-0.2, -0.15) is 0 Å². The Labute approximate surface area is 199 Å². The van der Waals surface area contributed by atoms with Crippen LogP contribution in [0.4, 0.5) is 8.78 Å². The second kappa shape index (κ2) is 12.6. The van der Waals surface area contributed by atoms with Crippen molar-refractivity contribution in [3.8, 4) is 5.75 Å². The number of rotatable bonds is 11. The molecule has 1 aromatic carbocycles. The highest BCUT2D eigenvalue weighted by molar-refractivity contribution is 5.69. The van der Waals surface area contributed by atoms with Gasteiger partial charge in [0.2, 0.25) is 0 Å². The Morgan fingerprint density at radius 2 is 2.09 bits per heavy atom. The smallest absolute Gasteiger partial charge is 0.306 e. The molecule has 6 nitrogen and oxygen atoms in total. The van der Waals surface area contributed by atoms with Crippen molar-refractivity contribution in [1.82, 2.24) is 0 Å². The molecule has 0 aromatic heterocycles. The number of ether oxygens (including phenoxy) is 2. The summed E-state index contributed by atoms with van der Waals surface area (Å²) in [7, 11) is 0. The zero-order valence-electron chi connectivity index (χ0n) is 19.6. The molecule has 34 heavy (non-hydrogen) atoms. The molecule has 1 saturated carbocycles. The number of benzene rings is 1. The molecule has 3 N–H and O–H groups in total. The Hall–Kier alpha value is -2.03. The van der Waals surface area contributed by atoms with Gasteiger partial charge in [-0.15, -0.1) is 0 Å². The molecule has 2 fully saturated rings. The third-order valence-electron chi connectivity index (χ3n) is 7.11. The Morgan fingerprint density at radius 3 is 2.82 bits per heavy atom. The first-order valence-electron chi connectivity index (χ1n) is 12.2. The van der Waals surface area contributed by atoms with E-state index in [0.717, 1.165) is 43.9 Å². The number of aliphatic hydroxyl groups excluding tert-OH is 2. The van der Waals surface area contributed by atoms with Crippen molar-refractivity contribution in [3.05, 3.63) is 42.0 Å². The maximum atomic E-state index is 13.7. The summed E-state index contributed by atoms with van der Waals surface area (Å²) < 4.78 is 38.2. The molecule has 0 radical (unpaired) electrons. The number of carboxylic acid groups (broad SMARTS) is 1. The third kappa shape index (κ3) is 7.23. The van der Waals surface area contributed by atoms with E-state index in [1.807, 2.05) is 6.92 Å². The minimum Gasteiger partial charge on any atom is -0.487 e. The SMILES string of the molecule is CCCC(CC[C@@H]1CC[C@@H]2[C@@H](/C=C/[C@@H](O)COc3cc(F)ccc3F)[C@@H](O)C[C@@H]2OC1)C(=O)O. The molecule has 0 amide bonds. The second-order valence-corrected chi connectivity index (χ2v) is 9.60. The van der Waals surface area contributed by atoms with Crippen LogP contribution < -0.4 is 4.74 Å². The number of carbonyl (C=O) groups is 1. The van der Waals surface area contributed by atoms with Gasteiger partial charge >= 0.3 is 5.97 Å². The average molecular weight is 483 g/mol. The number of carboxylic acids is 1. The van der Waals surface area contributed by atoms with Gasteiger partial charge in [-0.1, -0.05) is 25.5 Å². The Kier molecular flexibility index (Phi) is 9.85. The summed E-state index contributed by atoms with van der Waals surface area (Å²) in [5.41, 5.74) is 0. The van der Waals surface area contributed by atoms with Crippen LogP contribution in [0.1, 0.15) is 51.9 Å². The summed E-state index contributed by atoms with van der Waals surface area (Å²) in [4.78, 5) is 11.4. The minimum atomic E-state index is -1.04. The topological polar surface area (TPSA) is 96.2 Å². The van der Waals surface area contributed by atoms with Gasteiger partial charge in [-0.25, -0.2) is 8.78 Å². The summed E-state index contributed by atoms with van der Waals surface area (Å²) in [6.45, 7) is 2.32. The van der Waals surface area contributed by atoms with Crippen LogP contribution >= 0.6 is 0 Å². The van der Waals surface area contributed by atoms with E-state index in [2.05, 4.69) is 0 Å². The lowest BCUT2D eigenvalue weighted by atomic mass is 9.85. The molecule has 2 aliphatic rings. The van der Waals surface area contributed by atoms with Crippen LogP contribution in [0.5, 0.6) is 5.75 Å². The zero-order chi connectivity index (χ0) is 24.7. The predicted molar refractivity (Wildman–Crippen MR) is 122 cm³/mol. The molecule has 1 aromatic rings. The minimum absolute atomic E-state index is 0.0738. The van der Waals surface area contributed by atoms with E-state index in [1.165, 1.54) is 6.08 Å². The molecule has 1 aliphatic carbocycles. The number of hydrogen-bond acceptors (Lipinski definition) is 5. The van der Waals surface area contributed by atoms with Crippen LogP contribution in [-0.4, -0.2) is 52.8 Å². The highest BCUT2D eigenvalue weighted by atomic mass is 19.1. The van der Waals surface area contributed by atoms with E-state index in [9.17, 15) is 28.9 Å². The van der Waals surface area contributed by atoms with Crippen molar-refractivity contribution in [2.24, 2.45) is 23.7 Å². The first kappa shape index (κ1) is 26.6. The number of fused-ring (bicyclic) bond motifs is 1. The van der Waals surface area contributed by atoms with Crippen LogP contribution in [0.3, 0.4) is 0 Å². The van der Waals surface area contributed by atoms with Gasteiger partial charge in [0.15, 0.2) is 11.6 Å². The van der Waals surface area contributed by atoms with Crippen molar-refractivity contribution in [2.75, 3.05) is 13.2 Å². The van der Waals surface area contributed by atoms with Crippen molar-refractivity contribution < 1.29 is 38.4 Å². The first-order valence-corrected chi connectivity index (χ1v) is 12.2. The molecule has 190 valence electrons. The summed E-state index contributed by atoms with van der Waals surface area (Å²) in [6.07, 6.45) is 6.87. The monoisotopic (exact) mass is 482 g/mol. The fourth-order valence-electron chi connectivity index (χ4n) is 5.19. The van der Waals surface area contributed by atoms with E-state index in [4.69, 9.17) is 9.47 Å². The largest absolute Gasteiger partial charge is 0.487 e. The molecule has 0 bridgehead atoms. The molecular formula is C26H36F2O6. The van der Waals surface area contributed by atoms with E-state index >= 15 is 0 Å². The standard InChI is InChI=1S/C26H36F2O6/c1-2-3-17(26(31)32)6-4-16-5-9-21-20(23(30)13-24(21)33-14-16)10-8-19(29)15-34-25-12-18(27)7-11-22(25)28/h7-8,10-12,16-17,19-21,23-24,29-30H,2-6,9,13-15H2,1H3,(H,31,32)/b10-8+/t16-,17?,19-,20-,21-,23+,24+/m1/s1. The van der Waals surface area contributed by atoms with Gasteiger partial charge in [0.05, 0.1) is 18.1 Å². The van der Waals surface area contributed by atoms with Crippen molar-refractivity contribution >= 4 is 5.97 Å². The maximum Gasteiger partial charge on any atom is 0.306 e. The summed E-state index contributed by atoms with van der Waals surface area (Å²) in [5.74, 6) is -2.42. The van der Waals surface area contributed by atoms with E-state index in [-0.39, 0.29) is 36.2 Å². The first-order chi connectivity index (χ1) is 16.3. The van der Waals surface area contributed by atoms with Crippen molar-refractivity contribution in [1.29, 1.82) is 0 Å². The average Bonchev–Trinajstić information content (AvgIpc) is 2.96. The van der Waals surface area contributed by atoms with Gasteiger partial charge in [-0.05, 0) is 56.1 Å². The molecule has 7 atom stereocenters. The molecule has 3 rings (SSSR count). The van der Waals surface area contributed by atoms with Crippen LogP contribution in [0.15, 0.2) is 30.4 Å².